The number of allylic oxidation sites excluding steroid dienone is 12. The van der Waals surface area contributed by atoms with Crippen molar-refractivity contribution in [1.29, 1.82) is 0 Å². The number of unbranched alkanes of at least 4 members (excludes halogenated alkanes) is 19. The molecule has 0 bridgehead atoms. The van der Waals surface area contributed by atoms with E-state index in [0.29, 0.717) is 19.4 Å². The van der Waals surface area contributed by atoms with E-state index in [2.05, 4.69) is 93.7 Å². The molecule has 0 aliphatic heterocycles. The number of ether oxygens (including phenoxy) is 3. The summed E-state index contributed by atoms with van der Waals surface area (Å²) in [5.74, 6) is -0.423. The first kappa shape index (κ1) is 53.3. The van der Waals surface area contributed by atoms with Crippen molar-refractivity contribution in [3.05, 3.63) is 72.9 Å². The van der Waals surface area contributed by atoms with Crippen LogP contribution in [-0.2, 0) is 23.8 Å². The second-order valence-electron chi connectivity index (χ2n) is 15.3. The Hall–Kier alpha value is -2.66. The number of hydrogen-bond donors (Lipinski definition) is 0. The van der Waals surface area contributed by atoms with Gasteiger partial charge in [-0.05, 0) is 83.5 Å². The number of rotatable bonds is 42. The first-order valence-electron chi connectivity index (χ1n) is 23.5. The largest absolute Gasteiger partial charge is 0.462 e. The lowest BCUT2D eigenvalue weighted by atomic mass is 10.1. The predicted octanol–water partition coefficient (Wildman–Crippen LogP) is 15.6. The molecule has 0 radical (unpaired) electrons. The van der Waals surface area contributed by atoms with Crippen molar-refractivity contribution in [3.8, 4) is 0 Å². The number of esters is 2. The van der Waals surface area contributed by atoms with Gasteiger partial charge in [0.05, 0.1) is 6.61 Å². The molecule has 5 nitrogen and oxygen atoms in total. The first-order valence-corrected chi connectivity index (χ1v) is 23.5. The molecule has 0 aliphatic carbocycles. The van der Waals surface area contributed by atoms with Crippen molar-refractivity contribution in [2.75, 3.05) is 19.8 Å². The molecule has 0 saturated carbocycles. The van der Waals surface area contributed by atoms with Crippen LogP contribution in [0.4, 0.5) is 0 Å². The SMILES string of the molecule is CC/C=C\C/C=C\C/C=C\CCCCCCCCCC(=O)OCC(COCCCCCCCC/C=C\C/C=C\C/C=C\CC)OC(=O)CCCCCCCCC. The maximum absolute atomic E-state index is 12.6. The maximum atomic E-state index is 12.6. The van der Waals surface area contributed by atoms with Crippen LogP contribution in [0.2, 0.25) is 0 Å². The van der Waals surface area contributed by atoms with Gasteiger partial charge < -0.3 is 14.2 Å². The van der Waals surface area contributed by atoms with Gasteiger partial charge in [0.15, 0.2) is 6.10 Å². The summed E-state index contributed by atoms with van der Waals surface area (Å²) in [6.07, 6.45) is 59.1. The molecule has 0 fully saturated rings. The van der Waals surface area contributed by atoms with Crippen LogP contribution in [0.3, 0.4) is 0 Å². The molecule has 0 N–H and O–H groups in total. The zero-order chi connectivity index (χ0) is 40.7. The second kappa shape index (κ2) is 46.7. The van der Waals surface area contributed by atoms with Gasteiger partial charge in [-0.3, -0.25) is 9.59 Å². The molecule has 0 saturated heterocycles. The first-order chi connectivity index (χ1) is 27.6. The minimum atomic E-state index is -0.545. The third kappa shape index (κ3) is 44.1. The summed E-state index contributed by atoms with van der Waals surface area (Å²) >= 11 is 0. The van der Waals surface area contributed by atoms with E-state index in [-0.39, 0.29) is 25.2 Å². The molecular weight excluding hydrogens is 693 g/mol. The van der Waals surface area contributed by atoms with Crippen molar-refractivity contribution in [2.45, 2.75) is 219 Å². The van der Waals surface area contributed by atoms with Crippen molar-refractivity contribution >= 4 is 11.9 Å². The Bertz CT molecular complexity index is 1020. The number of carbonyl (C=O) groups excluding carboxylic acids is 2. The normalized spacial score (nSPS) is 12.8. The standard InChI is InChI=1S/C51H88O5/c1-4-7-10-13-16-18-20-22-24-26-27-29-31-33-36-38-41-44-50(52)55-48-49(56-51(53)45-42-39-35-15-12-9-6-3)47-54-46-43-40-37-34-32-30-28-25-23-21-19-17-14-11-8-5-2/h7-8,10-11,16-19,22-25,49H,4-6,9,12-15,20-21,26-48H2,1-3H3/b10-7-,11-8-,18-16-,19-17-,24-22-,25-23-. The Labute approximate surface area is 347 Å². The molecule has 0 aromatic heterocycles. The molecule has 0 heterocycles. The highest BCUT2D eigenvalue weighted by Crippen LogP contribution is 2.13. The third-order valence-corrected chi connectivity index (χ3v) is 9.74. The summed E-state index contributed by atoms with van der Waals surface area (Å²) in [5, 5.41) is 0. The van der Waals surface area contributed by atoms with Gasteiger partial charge in [-0.15, -0.1) is 0 Å². The van der Waals surface area contributed by atoms with E-state index in [9.17, 15) is 9.59 Å². The number of hydrogen-bond acceptors (Lipinski definition) is 5. The molecule has 0 aliphatic rings. The fourth-order valence-electron chi connectivity index (χ4n) is 6.30. The molecule has 0 rings (SSSR count). The monoisotopic (exact) mass is 781 g/mol. The predicted molar refractivity (Wildman–Crippen MR) is 242 cm³/mol. The summed E-state index contributed by atoms with van der Waals surface area (Å²) in [5.41, 5.74) is 0. The molecule has 0 aromatic rings. The van der Waals surface area contributed by atoms with Gasteiger partial charge in [-0.1, -0.05) is 190 Å². The lowest BCUT2D eigenvalue weighted by Crippen LogP contribution is -2.30. The molecule has 5 heteroatoms. The average molecular weight is 781 g/mol. The molecule has 1 unspecified atom stereocenters. The van der Waals surface area contributed by atoms with Gasteiger partial charge >= 0.3 is 11.9 Å². The Morgan fingerprint density at radius 2 is 0.804 bits per heavy atom. The lowest BCUT2D eigenvalue weighted by molar-refractivity contribution is -0.163. The fourth-order valence-corrected chi connectivity index (χ4v) is 6.30. The minimum absolute atomic E-state index is 0.0731. The highest BCUT2D eigenvalue weighted by Gasteiger charge is 2.17. The average Bonchev–Trinajstić information content (AvgIpc) is 3.20. The summed E-state index contributed by atoms with van der Waals surface area (Å²) in [4.78, 5) is 25.2. The highest BCUT2D eigenvalue weighted by molar-refractivity contribution is 5.70. The smallest absolute Gasteiger partial charge is 0.306 e. The lowest BCUT2D eigenvalue weighted by Gasteiger charge is -2.18. The molecule has 0 aromatic carbocycles. The van der Waals surface area contributed by atoms with E-state index in [1.807, 2.05) is 0 Å². The third-order valence-electron chi connectivity index (χ3n) is 9.74. The van der Waals surface area contributed by atoms with Crippen molar-refractivity contribution in [3.63, 3.8) is 0 Å². The van der Waals surface area contributed by atoms with Crippen LogP contribution in [0.15, 0.2) is 72.9 Å². The molecule has 56 heavy (non-hydrogen) atoms. The van der Waals surface area contributed by atoms with Crippen LogP contribution in [0.1, 0.15) is 213 Å². The van der Waals surface area contributed by atoms with Crippen LogP contribution >= 0.6 is 0 Å². The molecule has 1 atom stereocenters. The quantitative estimate of drug-likeness (QED) is 0.0351. The zero-order valence-corrected chi connectivity index (χ0v) is 36.9. The van der Waals surface area contributed by atoms with E-state index < -0.39 is 6.10 Å². The fraction of sp³-hybridized carbons (Fsp3) is 0.725. The van der Waals surface area contributed by atoms with Crippen LogP contribution in [-0.4, -0.2) is 37.9 Å². The number of carbonyl (C=O) groups is 2. The van der Waals surface area contributed by atoms with Crippen LogP contribution in [0.5, 0.6) is 0 Å². The van der Waals surface area contributed by atoms with Gasteiger partial charge in [0.2, 0.25) is 0 Å². The van der Waals surface area contributed by atoms with E-state index in [0.717, 1.165) is 103 Å². The van der Waals surface area contributed by atoms with E-state index in [1.165, 1.54) is 77.0 Å². The molecule has 0 amide bonds. The van der Waals surface area contributed by atoms with Gasteiger partial charge in [0, 0.05) is 19.4 Å². The minimum Gasteiger partial charge on any atom is -0.462 e. The van der Waals surface area contributed by atoms with E-state index in [4.69, 9.17) is 14.2 Å². The Balaban J connectivity index is 4.18. The summed E-state index contributed by atoms with van der Waals surface area (Å²) in [6.45, 7) is 7.53. The van der Waals surface area contributed by atoms with Crippen LogP contribution in [0.25, 0.3) is 0 Å². The van der Waals surface area contributed by atoms with E-state index in [1.54, 1.807) is 0 Å². The Kier molecular flexibility index (Phi) is 44.5. The second-order valence-corrected chi connectivity index (χ2v) is 15.3. The van der Waals surface area contributed by atoms with Crippen molar-refractivity contribution < 1.29 is 23.8 Å². The van der Waals surface area contributed by atoms with Gasteiger partial charge in [0.25, 0.3) is 0 Å². The zero-order valence-electron chi connectivity index (χ0n) is 36.9. The molecule has 0 spiro atoms. The van der Waals surface area contributed by atoms with Crippen molar-refractivity contribution in [1.82, 2.24) is 0 Å². The van der Waals surface area contributed by atoms with Gasteiger partial charge in [-0.2, -0.15) is 0 Å². The van der Waals surface area contributed by atoms with Gasteiger partial charge in [0.1, 0.15) is 6.61 Å². The summed E-state index contributed by atoms with van der Waals surface area (Å²) in [7, 11) is 0. The van der Waals surface area contributed by atoms with E-state index >= 15 is 0 Å². The highest BCUT2D eigenvalue weighted by atomic mass is 16.6. The molecule has 322 valence electrons. The maximum Gasteiger partial charge on any atom is 0.306 e. The van der Waals surface area contributed by atoms with Gasteiger partial charge in [-0.25, -0.2) is 0 Å². The van der Waals surface area contributed by atoms with Crippen LogP contribution in [0, 0.1) is 0 Å². The Morgan fingerprint density at radius 1 is 0.411 bits per heavy atom. The summed E-state index contributed by atoms with van der Waals surface area (Å²) < 4.78 is 17.3. The summed E-state index contributed by atoms with van der Waals surface area (Å²) in [6, 6.07) is 0. The topological polar surface area (TPSA) is 61.8 Å². The Morgan fingerprint density at radius 3 is 1.29 bits per heavy atom. The van der Waals surface area contributed by atoms with Crippen molar-refractivity contribution in [2.24, 2.45) is 0 Å². The molecular formula is C51H88O5. The van der Waals surface area contributed by atoms with Crippen LogP contribution < -0.4 is 0 Å².